The second-order valence-corrected chi connectivity index (χ2v) is 3.31. The van der Waals surface area contributed by atoms with Gasteiger partial charge in [0.15, 0.2) is 0 Å². The van der Waals surface area contributed by atoms with E-state index in [2.05, 4.69) is 0 Å². The van der Waals surface area contributed by atoms with Crippen LogP contribution in [-0.4, -0.2) is 5.97 Å². The van der Waals surface area contributed by atoms with Crippen molar-refractivity contribution >= 4 is 16.7 Å². The van der Waals surface area contributed by atoms with E-state index in [1.165, 1.54) is 20.2 Å². The van der Waals surface area contributed by atoms with Gasteiger partial charge in [-0.15, -0.1) is 0 Å². The molecule has 0 spiro atoms. The monoisotopic (exact) mass is 332 g/mol. The van der Waals surface area contributed by atoms with Gasteiger partial charge in [-0.3, -0.25) is 0 Å². The average molecular weight is 331 g/mol. The summed E-state index contributed by atoms with van der Waals surface area (Å²) >= 11 is 1.32. The summed E-state index contributed by atoms with van der Waals surface area (Å²) in [4.78, 5) is 11.4. The topological polar surface area (TPSA) is 26.3 Å². The third-order valence-electron chi connectivity index (χ3n) is 2.09. The zero-order valence-electron chi connectivity index (χ0n) is 7.57. The van der Waals surface area contributed by atoms with Gasteiger partial charge in [-0.2, -0.15) is 0 Å². The average Bonchev–Trinajstić information content (AvgIpc) is 2.27. The third-order valence-corrected chi connectivity index (χ3v) is 2.46. The van der Waals surface area contributed by atoms with Crippen LogP contribution < -0.4 is 0 Å². The number of hydrogen-bond acceptors (Lipinski definition) is 2. The van der Waals surface area contributed by atoms with Crippen molar-refractivity contribution in [1.29, 1.82) is 0 Å². The molecule has 0 aliphatic heterocycles. The number of carbonyl (C=O) groups is 1. The maximum absolute atomic E-state index is 11.4. The van der Waals surface area contributed by atoms with Crippen LogP contribution in [0.3, 0.4) is 0 Å². The van der Waals surface area contributed by atoms with E-state index in [0.717, 1.165) is 10.8 Å². The van der Waals surface area contributed by atoms with Gasteiger partial charge in [0.25, 0.3) is 0 Å². The van der Waals surface area contributed by atoms with Gasteiger partial charge in [-0.25, -0.2) is 0 Å². The molecule has 2 rings (SSSR count). The van der Waals surface area contributed by atoms with Gasteiger partial charge >= 0.3 is 93.1 Å². The Morgan fingerprint density at radius 1 is 1.07 bits per heavy atom. The molecule has 2 nitrogen and oxygen atoms in total. The van der Waals surface area contributed by atoms with Crippen LogP contribution in [0.2, 0.25) is 0 Å². The summed E-state index contributed by atoms with van der Waals surface area (Å²) in [5.74, 6) is -0.286. The van der Waals surface area contributed by atoms with Crippen LogP contribution in [0.5, 0.6) is 0 Å². The molecule has 0 saturated carbocycles. The first-order chi connectivity index (χ1) is 6.83. The molecule has 2 aromatic rings. The van der Waals surface area contributed by atoms with Crippen molar-refractivity contribution in [2.24, 2.45) is 0 Å². The molecule has 4 heteroatoms. The maximum Gasteiger partial charge on any atom is 0 e. The van der Waals surface area contributed by atoms with E-state index in [4.69, 9.17) is 3.39 Å². The summed E-state index contributed by atoms with van der Waals surface area (Å²) in [7, 11) is 0. The number of carbonyl (C=O) groups excluding carboxylic acids is 1. The Labute approximate surface area is 110 Å². The van der Waals surface area contributed by atoms with Crippen LogP contribution in [0.15, 0.2) is 42.5 Å². The summed E-state index contributed by atoms with van der Waals surface area (Å²) in [6, 6.07) is 13.4. The molecule has 0 aliphatic carbocycles. The van der Waals surface area contributed by atoms with Gasteiger partial charge < -0.3 is 0 Å². The zero-order chi connectivity index (χ0) is 9.97. The van der Waals surface area contributed by atoms with Crippen LogP contribution in [0.25, 0.3) is 10.8 Å². The van der Waals surface area contributed by atoms with Crippen molar-refractivity contribution in [3.05, 3.63) is 48.0 Å². The first-order valence-corrected chi connectivity index (χ1v) is 4.97. The predicted octanol–water partition coefficient (Wildman–Crippen LogP) is 2.46. The van der Waals surface area contributed by atoms with E-state index in [-0.39, 0.29) is 23.0 Å². The molecule has 0 heterocycles. The summed E-state index contributed by atoms with van der Waals surface area (Å²) in [5, 5.41) is 1.99. The minimum Gasteiger partial charge on any atom is 0 e. The normalized spacial score (nSPS) is 9.33. The van der Waals surface area contributed by atoms with E-state index < -0.39 is 0 Å². The van der Waals surface area contributed by atoms with Crippen molar-refractivity contribution in [1.82, 2.24) is 0 Å². The molecular weight excluding hydrogens is 324 g/mol. The fourth-order valence-corrected chi connectivity index (χ4v) is 1.67. The number of fused-ring (bicyclic) bond motifs is 1. The number of hydrogen-bond donors (Lipinski definition) is 0. The van der Waals surface area contributed by atoms with Crippen molar-refractivity contribution in [2.75, 3.05) is 0 Å². The molecule has 0 amide bonds. The van der Waals surface area contributed by atoms with Crippen molar-refractivity contribution in [3.8, 4) is 0 Å². The van der Waals surface area contributed by atoms with Gasteiger partial charge in [-0.05, 0) is 0 Å². The fraction of sp³-hybridized carbons (Fsp3) is 0. The van der Waals surface area contributed by atoms with Gasteiger partial charge in [0.2, 0.25) is 0 Å². The Balaban J connectivity index is 0.00000112. The summed E-state index contributed by atoms with van der Waals surface area (Å²) < 4.78 is 4.72. The zero-order valence-corrected chi connectivity index (χ0v) is 10.5. The Hall–Kier alpha value is -0.622. The van der Waals surface area contributed by atoms with Crippen LogP contribution in [0, 0.1) is 0 Å². The largest absolute Gasteiger partial charge is 0 e. The van der Waals surface area contributed by atoms with Gasteiger partial charge in [0, 0.05) is 17.1 Å². The maximum atomic E-state index is 11.4. The van der Waals surface area contributed by atoms with Crippen molar-refractivity contribution < 1.29 is 45.4 Å². The Morgan fingerprint density at radius 2 is 1.73 bits per heavy atom. The first-order valence-electron chi connectivity index (χ1n) is 4.15. The third kappa shape index (κ3) is 2.49. The molecule has 0 saturated heterocycles. The van der Waals surface area contributed by atoms with Gasteiger partial charge in [0.05, 0.1) is 0 Å². The molecule has 0 bridgehead atoms. The molecule has 2 aromatic carbocycles. The predicted molar refractivity (Wildman–Crippen MR) is 49.4 cm³/mol. The molecule has 0 N–H and O–H groups in total. The molecular formula is C11H7CuMoO2. The van der Waals surface area contributed by atoms with Crippen LogP contribution >= 0.6 is 0 Å². The van der Waals surface area contributed by atoms with Gasteiger partial charge in [0.1, 0.15) is 0 Å². The second kappa shape index (κ2) is 5.46. The Kier molecular flexibility index (Phi) is 4.53. The smallest absolute Gasteiger partial charge is 0 e. The van der Waals surface area contributed by atoms with E-state index in [1.54, 1.807) is 6.07 Å². The molecule has 0 fully saturated rings. The molecule has 80 valence electrons. The summed E-state index contributed by atoms with van der Waals surface area (Å²) in [6.07, 6.45) is 0. The van der Waals surface area contributed by atoms with E-state index >= 15 is 0 Å². The quantitative estimate of drug-likeness (QED) is 0.751. The standard InChI is InChI=1S/C11H8O2.Cu.Mo/c12-11(13)10-7-3-5-8-4-1-2-6-9(8)10;;/h1-7H,(H,12,13);;/q;;+1/p-1. The molecule has 0 atom stereocenters. The molecule has 0 unspecified atom stereocenters. The van der Waals surface area contributed by atoms with E-state index in [0.29, 0.717) is 5.56 Å². The minimum absolute atomic E-state index is 0. The van der Waals surface area contributed by atoms with Crippen molar-refractivity contribution in [3.63, 3.8) is 0 Å². The van der Waals surface area contributed by atoms with E-state index in [1.807, 2.05) is 36.4 Å². The van der Waals surface area contributed by atoms with Crippen LogP contribution in [0.4, 0.5) is 0 Å². The summed E-state index contributed by atoms with van der Waals surface area (Å²) in [6.45, 7) is 0. The number of benzene rings is 2. The Morgan fingerprint density at radius 3 is 2.47 bits per heavy atom. The summed E-state index contributed by atoms with van der Waals surface area (Å²) in [5.41, 5.74) is 0.619. The van der Waals surface area contributed by atoms with Gasteiger partial charge in [-0.1, -0.05) is 0 Å². The molecule has 0 aliphatic rings. The molecule has 0 aromatic heterocycles. The van der Waals surface area contributed by atoms with E-state index in [9.17, 15) is 4.79 Å². The van der Waals surface area contributed by atoms with Crippen LogP contribution in [0.1, 0.15) is 10.4 Å². The molecule has 1 radical (unpaired) electrons. The Bertz CT molecular complexity index is 479. The molecule has 15 heavy (non-hydrogen) atoms. The van der Waals surface area contributed by atoms with Crippen molar-refractivity contribution in [2.45, 2.75) is 0 Å². The first kappa shape index (κ1) is 12.4. The number of rotatable bonds is 1. The fourth-order valence-electron chi connectivity index (χ4n) is 1.45. The van der Waals surface area contributed by atoms with Crippen LogP contribution in [-0.2, 0) is 40.7 Å². The minimum atomic E-state index is -0.286. The SMILES string of the molecule is O=C([O][Mo])c1cccc2ccccc12.[Cu]. The second-order valence-electron chi connectivity index (χ2n) is 2.90.